The number of carbonyl (C=O) groups excluding carboxylic acids is 1. The predicted octanol–water partition coefficient (Wildman–Crippen LogP) is 1.03. The Labute approximate surface area is 84.3 Å². The average molecular weight is 195 g/mol. The van der Waals surface area contributed by atoms with Gasteiger partial charge in [-0.3, -0.25) is 10.2 Å². The van der Waals surface area contributed by atoms with Gasteiger partial charge in [0.2, 0.25) is 5.91 Å². The predicted molar refractivity (Wildman–Crippen MR) is 57.0 cm³/mol. The summed E-state index contributed by atoms with van der Waals surface area (Å²) in [6, 6.07) is 9.66. The summed E-state index contributed by atoms with van der Waals surface area (Å²) < 4.78 is 0. The molecule has 0 spiro atoms. The molecule has 0 radical (unpaired) electrons. The van der Waals surface area contributed by atoms with Crippen LogP contribution in [-0.2, 0) is 11.2 Å². The van der Waals surface area contributed by atoms with Crippen LogP contribution >= 0.6 is 0 Å². The highest BCUT2D eigenvalue weighted by atomic mass is 16.2. The number of hydrazine groups is 1. The van der Waals surface area contributed by atoms with Crippen LogP contribution in [0.3, 0.4) is 0 Å². The molecule has 0 atom stereocenters. The summed E-state index contributed by atoms with van der Waals surface area (Å²) in [5.41, 5.74) is 6.39. The van der Waals surface area contributed by atoms with Crippen molar-refractivity contribution in [1.29, 1.82) is 0 Å². The molecule has 0 aliphatic rings. The molecule has 1 amide bonds. The lowest BCUT2D eigenvalue weighted by atomic mass is 10.1. The summed E-state index contributed by atoms with van der Waals surface area (Å²) in [7, 11) is 0. The zero-order valence-corrected chi connectivity index (χ0v) is 8.42. The number of benzene rings is 1. The van der Waals surface area contributed by atoms with Crippen LogP contribution in [0.15, 0.2) is 30.3 Å². The van der Waals surface area contributed by atoms with E-state index in [-0.39, 0.29) is 12.1 Å². The summed E-state index contributed by atoms with van der Waals surface area (Å²) in [6.07, 6.45) is 0.424. The normalized spacial score (nSPS) is 8.93. The van der Waals surface area contributed by atoms with Gasteiger partial charge in [-0.1, -0.05) is 37.3 Å². The van der Waals surface area contributed by atoms with Crippen LogP contribution in [0.4, 0.5) is 0 Å². The van der Waals surface area contributed by atoms with E-state index in [2.05, 4.69) is 10.9 Å². The summed E-state index contributed by atoms with van der Waals surface area (Å²) in [6.45, 7) is 2.67. The minimum Gasteiger partial charge on any atom is -0.344 e. The SMILES string of the molecule is CCNNC(=O)Cc1ccccc1.N. The fourth-order valence-electron chi connectivity index (χ4n) is 1.01. The molecule has 0 aromatic heterocycles. The lowest BCUT2D eigenvalue weighted by Crippen LogP contribution is -2.37. The molecule has 0 fully saturated rings. The molecular weight excluding hydrogens is 178 g/mol. The average Bonchev–Trinajstić information content (AvgIpc) is 2.16. The Morgan fingerprint density at radius 1 is 1.29 bits per heavy atom. The van der Waals surface area contributed by atoms with Crippen LogP contribution in [0.1, 0.15) is 12.5 Å². The number of rotatable bonds is 4. The van der Waals surface area contributed by atoms with Gasteiger partial charge in [0.15, 0.2) is 0 Å². The molecule has 1 aromatic rings. The fraction of sp³-hybridized carbons (Fsp3) is 0.300. The van der Waals surface area contributed by atoms with E-state index < -0.39 is 0 Å². The monoisotopic (exact) mass is 195 g/mol. The van der Waals surface area contributed by atoms with Gasteiger partial charge in [-0.15, -0.1) is 0 Å². The van der Waals surface area contributed by atoms with Crippen molar-refractivity contribution in [2.75, 3.05) is 6.54 Å². The van der Waals surface area contributed by atoms with Gasteiger partial charge < -0.3 is 6.15 Å². The largest absolute Gasteiger partial charge is 0.344 e. The maximum atomic E-state index is 11.2. The first kappa shape index (κ1) is 12.6. The van der Waals surface area contributed by atoms with Crippen LogP contribution in [-0.4, -0.2) is 12.5 Å². The Morgan fingerprint density at radius 3 is 2.50 bits per heavy atom. The number of hydrogen-bond acceptors (Lipinski definition) is 3. The Hall–Kier alpha value is -1.39. The molecular formula is C10H17N3O. The zero-order chi connectivity index (χ0) is 9.52. The molecule has 14 heavy (non-hydrogen) atoms. The standard InChI is InChI=1S/C10H14N2O.H3N/c1-2-11-12-10(13)8-9-6-4-3-5-7-9;/h3-7,11H,2,8H2,1H3,(H,12,13);1H3. The minimum absolute atomic E-state index is 0. The third kappa shape index (κ3) is 4.59. The summed E-state index contributed by atoms with van der Waals surface area (Å²) >= 11 is 0. The topological polar surface area (TPSA) is 76.1 Å². The smallest absolute Gasteiger partial charge is 0.238 e. The molecule has 1 rings (SSSR count). The first-order chi connectivity index (χ1) is 6.33. The zero-order valence-electron chi connectivity index (χ0n) is 8.42. The highest BCUT2D eigenvalue weighted by molar-refractivity contribution is 5.77. The number of amides is 1. The van der Waals surface area contributed by atoms with E-state index in [9.17, 15) is 4.79 Å². The van der Waals surface area contributed by atoms with Gasteiger partial charge >= 0.3 is 0 Å². The van der Waals surface area contributed by atoms with E-state index in [1.165, 1.54) is 0 Å². The van der Waals surface area contributed by atoms with Crippen molar-refractivity contribution in [2.45, 2.75) is 13.3 Å². The summed E-state index contributed by atoms with van der Waals surface area (Å²) in [5, 5.41) is 0. The van der Waals surface area contributed by atoms with E-state index in [1.54, 1.807) is 0 Å². The lowest BCUT2D eigenvalue weighted by Gasteiger charge is -2.04. The molecule has 78 valence electrons. The van der Waals surface area contributed by atoms with E-state index in [0.29, 0.717) is 6.42 Å². The van der Waals surface area contributed by atoms with Crippen LogP contribution in [0.25, 0.3) is 0 Å². The molecule has 0 bridgehead atoms. The van der Waals surface area contributed by atoms with Gasteiger partial charge in [0.25, 0.3) is 0 Å². The molecule has 0 heterocycles. The Balaban J connectivity index is 0.00000169. The third-order valence-electron chi connectivity index (χ3n) is 1.61. The van der Waals surface area contributed by atoms with E-state index in [0.717, 1.165) is 12.1 Å². The van der Waals surface area contributed by atoms with Crippen molar-refractivity contribution >= 4 is 5.91 Å². The fourth-order valence-corrected chi connectivity index (χ4v) is 1.01. The van der Waals surface area contributed by atoms with E-state index in [4.69, 9.17) is 0 Å². The van der Waals surface area contributed by atoms with Gasteiger partial charge in [0.1, 0.15) is 0 Å². The maximum Gasteiger partial charge on any atom is 0.238 e. The van der Waals surface area contributed by atoms with Gasteiger partial charge in [-0.25, -0.2) is 5.43 Å². The summed E-state index contributed by atoms with van der Waals surface area (Å²) in [4.78, 5) is 11.2. The molecule has 4 heteroatoms. The molecule has 0 aliphatic carbocycles. The lowest BCUT2D eigenvalue weighted by molar-refractivity contribution is -0.121. The first-order valence-corrected chi connectivity index (χ1v) is 4.38. The van der Waals surface area contributed by atoms with Gasteiger partial charge in [-0.2, -0.15) is 0 Å². The van der Waals surface area contributed by atoms with Crippen LogP contribution in [0.5, 0.6) is 0 Å². The quantitative estimate of drug-likeness (QED) is 0.628. The molecule has 1 aromatic carbocycles. The summed E-state index contributed by atoms with van der Waals surface area (Å²) in [5.74, 6) is -0.00644. The van der Waals surface area contributed by atoms with Crippen molar-refractivity contribution < 1.29 is 4.79 Å². The number of nitrogens with one attached hydrogen (secondary N) is 2. The van der Waals surface area contributed by atoms with E-state index in [1.807, 2.05) is 37.3 Å². The molecule has 4 nitrogen and oxygen atoms in total. The molecule has 5 N–H and O–H groups in total. The molecule has 0 saturated carbocycles. The second-order valence-corrected chi connectivity index (χ2v) is 2.74. The van der Waals surface area contributed by atoms with Crippen molar-refractivity contribution in [3.05, 3.63) is 35.9 Å². The van der Waals surface area contributed by atoms with Crippen LogP contribution < -0.4 is 17.0 Å². The molecule has 0 saturated heterocycles. The minimum atomic E-state index is -0.00644. The highest BCUT2D eigenvalue weighted by Gasteiger charge is 2.00. The van der Waals surface area contributed by atoms with Crippen molar-refractivity contribution in [2.24, 2.45) is 0 Å². The number of hydrogen-bond donors (Lipinski definition) is 3. The van der Waals surface area contributed by atoms with Crippen molar-refractivity contribution in [3.8, 4) is 0 Å². The van der Waals surface area contributed by atoms with Gasteiger partial charge in [0.05, 0.1) is 6.42 Å². The Morgan fingerprint density at radius 2 is 1.93 bits per heavy atom. The van der Waals surface area contributed by atoms with Crippen molar-refractivity contribution in [1.82, 2.24) is 17.0 Å². The maximum absolute atomic E-state index is 11.2. The van der Waals surface area contributed by atoms with Crippen molar-refractivity contribution in [3.63, 3.8) is 0 Å². The third-order valence-corrected chi connectivity index (χ3v) is 1.61. The van der Waals surface area contributed by atoms with Crippen LogP contribution in [0.2, 0.25) is 0 Å². The first-order valence-electron chi connectivity index (χ1n) is 4.38. The highest BCUT2D eigenvalue weighted by Crippen LogP contribution is 1.98. The van der Waals surface area contributed by atoms with Gasteiger partial charge in [-0.05, 0) is 5.56 Å². The van der Waals surface area contributed by atoms with Crippen LogP contribution in [0, 0.1) is 0 Å². The van der Waals surface area contributed by atoms with Gasteiger partial charge in [0, 0.05) is 6.54 Å². The Bertz CT molecular complexity index is 261. The molecule has 0 aliphatic heterocycles. The second kappa shape index (κ2) is 7.06. The second-order valence-electron chi connectivity index (χ2n) is 2.74. The molecule has 0 unspecified atom stereocenters. The van der Waals surface area contributed by atoms with E-state index >= 15 is 0 Å². The number of carbonyl (C=O) groups is 1. The Kier molecular flexibility index (Phi) is 6.36.